The van der Waals surface area contributed by atoms with E-state index in [4.69, 9.17) is 4.74 Å². The van der Waals surface area contributed by atoms with Crippen molar-refractivity contribution in [2.75, 3.05) is 33.5 Å². The van der Waals surface area contributed by atoms with Crippen LogP contribution in [0.5, 0.6) is 0 Å². The van der Waals surface area contributed by atoms with Crippen LogP contribution in [0.25, 0.3) is 10.9 Å². The second kappa shape index (κ2) is 13.5. The molecule has 1 atom stereocenters. The van der Waals surface area contributed by atoms with E-state index < -0.39 is 23.7 Å². The molecule has 0 spiro atoms. The number of carbonyl (C=O) groups is 3. The van der Waals surface area contributed by atoms with Gasteiger partial charge in [0, 0.05) is 44.8 Å². The number of nitrogens with one attached hydrogen (secondary N) is 2. The molecule has 1 aromatic carbocycles. The first-order chi connectivity index (χ1) is 19.6. The number of H-pyrrole nitrogens is 1. The summed E-state index contributed by atoms with van der Waals surface area (Å²) >= 11 is 0. The minimum absolute atomic E-state index is 0.0575. The van der Waals surface area contributed by atoms with Gasteiger partial charge in [0.25, 0.3) is 11.5 Å². The molecule has 3 rings (SSSR count). The molecule has 0 unspecified atom stereocenters. The first-order valence-electron chi connectivity index (χ1n) is 13.6. The minimum atomic E-state index is -1.23. The summed E-state index contributed by atoms with van der Waals surface area (Å²) in [5, 5.41) is 3.22. The Labute approximate surface area is 244 Å². The van der Waals surface area contributed by atoms with E-state index in [0.717, 1.165) is 11.1 Å². The van der Waals surface area contributed by atoms with E-state index in [-0.39, 0.29) is 42.2 Å². The monoisotopic (exact) mass is 582 g/mol. The number of hydrogen-bond acceptors (Lipinski definition) is 6. The fourth-order valence-corrected chi connectivity index (χ4v) is 4.23. The number of likely N-dealkylation sites (N-methyl/N-ethyl adjacent to an activating group) is 1. The standard InChI is InChI=1S/C30H39FN6O5/c1-30(2,3)15-20-13-21(31)12-19-14-22(33-26(19)20)17-37-18-32-16-23(28(37)40)34-27(39)24(42-29(41)36(6)7)10-8-9-11-25(38)35(4)5/h9,11-14,16,18,24,33H,8,10,15,17H2,1-7H3,(H,34,39)/b11-9+/t24-/m0/s1. The van der Waals surface area contributed by atoms with Crippen LogP contribution >= 0.6 is 0 Å². The smallest absolute Gasteiger partial charge is 0.410 e. The third-order valence-corrected chi connectivity index (χ3v) is 6.25. The van der Waals surface area contributed by atoms with Gasteiger partial charge in [-0.15, -0.1) is 0 Å². The van der Waals surface area contributed by atoms with Crippen molar-refractivity contribution in [1.82, 2.24) is 24.3 Å². The molecule has 226 valence electrons. The maximum absolute atomic E-state index is 14.3. The van der Waals surface area contributed by atoms with Crippen LogP contribution in [0.2, 0.25) is 0 Å². The van der Waals surface area contributed by atoms with Crippen molar-refractivity contribution >= 4 is 34.5 Å². The zero-order valence-electron chi connectivity index (χ0n) is 25.2. The average molecular weight is 583 g/mol. The zero-order valence-corrected chi connectivity index (χ0v) is 25.2. The number of ether oxygens (including phenoxy) is 1. The molecule has 0 fully saturated rings. The second-order valence-corrected chi connectivity index (χ2v) is 11.8. The number of benzene rings is 1. The van der Waals surface area contributed by atoms with E-state index in [2.05, 4.69) is 36.1 Å². The van der Waals surface area contributed by atoms with Crippen molar-refractivity contribution in [2.24, 2.45) is 5.41 Å². The molecule has 0 saturated heterocycles. The second-order valence-electron chi connectivity index (χ2n) is 11.8. The highest BCUT2D eigenvalue weighted by Crippen LogP contribution is 2.28. The lowest BCUT2D eigenvalue weighted by molar-refractivity contribution is -0.125. The Bertz CT molecular complexity index is 1530. The maximum atomic E-state index is 14.3. The molecule has 2 aromatic heterocycles. The number of hydrogen-bond donors (Lipinski definition) is 2. The summed E-state index contributed by atoms with van der Waals surface area (Å²) in [6.45, 7) is 6.33. The number of rotatable bonds is 10. The van der Waals surface area contributed by atoms with Gasteiger partial charge in [-0.2, -0.15) is 0 Å². The first kappa shape index (κ1) is 32.0. The number of halogens is 1. The fourth-order valence-electron chi connectivity index (χ4n) is 4.23. The van der Waals surface area contributed by atoms with Crippen LogP contribution in [-0.4, -0.2) is 76.5 Å². The lowest BCUT2D eigenvalue weighted by Gasteiger charge is -2.19. The number of amides is 3. The van der Waals surface area contributed by atoms with Crippen LogP contribution in [-0.2, 0) is 27.3 Å². The number of anilines is 1. The molecule has 3 aromatic rings. The summed E-state index contributed by atoms with van der Waals surface area (Å²) in [5.74, 6) is -1.26. The van der Waals surface area contributed by atoms with E-state index in [9.17, 15) is 23.6 Å². The Balaban J connectivity index is 1.80. The average Bonchev–Trinajstić information content (AvgIpc) is 3.29. The van der Waals surface area contributed by atoms with Crippen LogP contribution < -0.4 is 10.9 Å². The number of aromatic amines is 1. The molecule has 0 aliphatic carbocycles. The number of aromatic nitrogens is 3. The van der Waals surface area contributed by atoms with Crippen LogP contribution in [0.1, 0.15) is 44.9 Å². The molecule has 2 heterocycles. The first-order valence-corrected chi connectivity index (χ1v) is 13.6. The fraction of sp³-hybridized carbons (Fsp3) is 0.433. The Morgan fingerprint density at radius 1 is 1.14 bits per heavy atom. The number of fused-ring (bicyclic) bond motifs is 1. The van der Waals surface area contributed by atoms with Gasteiger partial charge in [0.1, 0.15) is 11.5 Å². The van der Waals surface area contributed by atoms with Gasteiger partial charge in [-0.05, 0) is 54.5 Å². The third-order valence-electron chi connectivity index (χ3n) is 6.25. The molecular weight excluding hydrogens is 543 g/mol. The minimum Gasteiger partial charge on any atom is -0.436 e. The summed E-state index contributed by atoms with van der Waals surface area (Å²) < 4.78 is 21.0. The normalized spacial score (nSPS) is 12.4. The van der Waals surface area contributed by atoms with Gasteiger partial charge < -0.3 is 24.8 Å². The Kier molecular flexibility index (Phi) is 10.3. The summed E-state index contributed by atoms with van der Waals surface area (Å²) in [6.07, 6.45) is 4.58. The van der Waals surface area contributed by atoms with Crippen LogP contribution in [0.4, 0.5) is 14.9 Å². The lowest BCUT2D eigenvalue weighted by atomic mass is 9.87. The summed E-state index contributed by atoms with van der Waals surface area (Å²) in [4.78, 5) is 60.3. The molecule has 3 amide bonds. The Morgan fingerprint density at radius 2 is 1.86 bits per heavy atom. The van der Waals surface area contributed by atoms with Crippen LogP contribution in [0, 0.1) is 11.2 Å². The molecule has 11 nitrogen and oxygen atoms in total. The molecule has 2 N–H and O–H groups in total. The van der Waals surface area contributed by atoms with Crippen molar-refractivity contribution in [3.05, 3.63) is 70.3 Å². The largest absolute Gasteiger partial charge is 0.436 e. The molecule has 0 aliphatic heterocycles. The number of carbonyl (C=O) groups excluding carboxylic acids is 3. The maximum Gasteiger partial charge on any atom is 0.410 e. The molecule has 0 bridgehead atoms. The van der Waals surface area contributed by atoms with Gasteiger partial charge in [-0.3, -0.25) is 19.0 Å². The van der Waals surface area contributed by atoms with E-state index >= 15 is 0 Å². The van der Waals surface area contributed by atoms with Crippen molar-refractivity contribution in [2.45, 2.75) is 52.7 Å². The van der Waals surface area contributed by atoms with E-state index in [1.165, 1.54) is 59.2 Å². The molecule has 0 saturated carbocycles. The van der Waals surface area contributed by atoms with E-state index in [0.29, 0.717) is 17.5 Å². The quantitative estimate of drug-likeness (QED) is 0.349. The van der Waals surface area contributed by atoms with Crippen LogP contribution in [0.15, 0.2) is 47.7 Å². The van der Waals surface area contributed by atoms with E-state index in [1.807, 2.05) is 0 Å². The van der Waals surface area contributed by atoms with Gasteiger partial charge >= 0.3 is 6.09 Å². The number of allylic oxidation sites excluding steroid dienone is 1. The molecule has 0 radical (unpaired) electrons. The molecule has 12 heteroatoms. The van der Waals surface area contributed by atoms with Crippen molar-refractivity contribution in [1.29, 1.82) is 0 Å². The van der Waals surface area contributed by atoms with Gasteiger partial charge in [-0.1, -0.05) is 26.8 Å². The van der Waals surface area contributed by atoms with Gasteiger partial charge in [0.05, 0.1) is 19.1 Å². The van der Waals surface area contributed by atoms with Crippen molar-refractivity contribution < 1.29 is 23.5 Å². The molecule has 42 heavy (non-hydrogen) atoms. The SMILES string of the molecule is CN(C)C(=O)/C=C/CC[C@H](OC(=O)N(C)C)C(=O)Nc1cncn(Cc2cc3cc(F)cc(CC(C)(C)C)c3[nH]2)c1=O. The highest BCUT2D eigenvalue weighted by atomic mass is 19.1. The highest BCUT2D eigenvalue weighted by Gasteiger charge is 2.25. The summed E-state index contributed by atoms with van der Waals surface area (Å²) in [6, 6.07) is 4.75. The molecular formula is C30H39FN6O5. The van der Waals surface area contributed by atoms with Gasteiger partial charge in [0.15, 0.2) is 6.10 Å². The Morgan fingerprint density at radius 3 is 2.50 bits per heavy atom. The lowest BCUT2D eigenvalue weighted by Crippen LogP contribution is -2.37. The number of nitrogens with zero attached hydrogens (tertiary/aromatic N) is 4. The topological polar surface area (TPSA) is 130 Å². The molecule has 0 aliphatic rings. The van der Waals surface area contributed by atoms with Crippen molar-refractivity contribution in [3.8, 4) is 0 Å². The van der Waals surface area contributed by atoms with E-state index in [1.54, 1.807) is 26.2 Å². The van der Waals surface area contributed by atoms with Crippen LogP contribution in [0.3, 0.4) is 0 Å². The summed E-state index contributed by atoms with van der Waals surface area (Å²) in [7, 11) is 6.20. The Hall–Kier alpha value is -4.48. The van der Waals surface area contributed by atoms with Crippen molar-refractivity contribution in [3.63, 3.8) is 0 Å². The zero-order chi connectivity index (χ0) is 31.2. The predicted octanol–water partition coefficient (Wildman–Crippen LogP) is 3.93. The third kappa shape index (κ3) is 8.76. The van der Waals surface area contributed by atoms with Gasteiger partial charge in [-0.25, -0.2) is 14.2 Å². The highest BCUT2D eigenvalue weighted by molar-refractivity contribution is 5.95. The van der Waals surface area contributed by atoms with Gasteiger partial charge in [0.2, 0.25) is 5.91 Å². The predicted molar refractivity (Wildman–Crippen MR) is 159 cm³/mol. The summed E-state index contributed by atoms with van der Waals surface area (Å²) in [5.41, 5.74) is 1.63.